The van der Waals surface area contributed by atoms with Gasteiger partial charge in [0.25, 0.3) is 0 Å². The SMILES string of the molecule is CC(C)(C)OC(=O)NCc1cncn1CC1CCCS1. The van der Waals surface area contributed by atoms with Gasteiger partial charge in [-0.25, -0.2) is 9.78 Å². The third-order valence-electron chi connectivity index (χ3n) is 3.04. The molecule has 1 aliphatic rings. The van der Waals surface area contributed by atoms with Crippen LogP contribution in [0, 0.1) is 0 Å². The number of carbonyl (C=O) groups is 1. The lowest BCUT2D eigenvalue weighted by atomic mass is 10.2. The Bertz CT molecular complexity index is 448. The maximum Gasteiger partial charge on any atom is 0.407 e. The fourth-order valence-electron chi connectivity index (χ4n) is 2.14. The highest BCUT2D eigenvalue weighted by Crippen LogP contribution is 2.27. The van der Waals surface area contributed by atoms with Gasteiger partial charge in [-0.2, -0.15) is 11.8 Å². The van der Waals surface area contributed by atoms with Crippen LogP contribution >= 0.6 is 11.8 Å². The summed E-state index contributed by atoms with van der Waals surface area (Å²) in [5, 5.41) is 3.45. The number of imidazole rings is 1. The molecule has 0 saturated carbocycles. The summed E-state index contributed by atoms with van der Waals surface area (Å²) in [6.45, 7) is 6.98. The molecule has 1 fully saturated rings. The highest BCUT2D eigenvalue weighted by molar-refractivity contribution is 8.00. The Morgan fingerprint density at radius 1 is 1.60 bits per heavy atom. The van der Waals surface area contributed by atoms with Crippen molar-refractivity contribution in [1.29, 1.82) is 0 Å². The Kier molecular flexibility index (Phi) is 4.96. The molecule has 1 unspecified atom stereocenters. The number of ether oxygens (including phenoxy) is 1. The minimum Gasteiger partial charge on any atom is -0.444 e. The van der Waals surface area contributed by atoms with Crippen LogP contribution in [0.25, 0.3) is 0 Å². The number of amides is 1. The molecule has 1 aromatic heterocycles. The molecule has 1 aliphatic heterocycles. The van der Waals surface area contributed by atoms with Crippen LogP contribution in [0.5, 0.6) is 0 Å². The molecule has 1 amide bonds. The Morgan fingerprint density at radius 3 is 3.05 bits per heavy atom. The average Bonchev–Trinajstić information content (AvgIpc) is 2.96. The minimum absolute atomic E-state index is 0.388. The van der Waals surface area contributed by atoms with Crippen molar-refractivity contribution in [3.63, 3.8) is 0 Å². The molecule has 112 valence electrons. The molecule has 2 heterocycles. The first kappa shape index (κ1) is 15.2. The van der Waals surface area contributed by atoms with E-state index in [1.807, 2.05) is 38.9 Å². The molecule has 5 nitrogen and oxygen atoms in total. The summed E-state index contributed by atoms with van der Waals surface area (Å²) in [6.07, 6.45) is 5.82. The Labute approximate surface area is 124 Å². The number of rotatable bonds is 4. The van der Waals surface area contributed by atoms with Gasteiger partial charge in [-0.1, -0.05) is 0 Å². The second-order valence-electron chi connectivity index (χ2n) is 6.03. The Hall–Kier alpha value is -1.17. The molecule has 6 heteroatoms. The maximum absolute atomic E-state index is 11.6. The van der Waals surface area contributed by atoms with E-state index in [0.29, 0.717) is 11.8 Å². The van der Waals surface area contributed by atoms with E-state index in [1.165, 1.54) is 18.6 Å². The Morgan fingerprint density at radius 2 is 2.40 bits per heavy atom. The van der Waals surface area contributed by atoms with Crippen LogP contribution < -0.4 is 5.32 Å². The van der Waals surface area contributed by atoms with E-state index < -0.39 is 5.60 Å². The standard InChI is InChI=1S/C14H23N3O2S/c1-14(2,3)19-13(18)16-8-11-7-15-10-17(11)9-12-5-4-6-20-12/h7,10,12H,4-6,8-9H2,1-3H3,(H,16,18). The van der Waals surface area contributed by atoms with Gasteiger partial charge < -0.3 is 14.6 Å². The van der Waals surface area contributed by atoms with Crippen molar-refractivity contribution in [1.82, 2.24) is 14.9 Å². The minimum atomic E-state index is -0.467. The number of hydrogen-bond donors (Lipinski definition) is 1. The second kappa shape index (κ2) is 6.52. The van der Waals surface area contributed by atoms with E-state index >= 15 is 0 Å². The smallest absolute Gasteiger partial charge is 0.407 e. The van der Waals surface area contributed by atoms with Crippen molar-refractivity contribution >= 4 is 17.9 Å². The third-order valence-corrected chi connectivity index (χ3v) is 4.42. The van der Waals surface area contributed by atoms with Gasteiger partial charge in [0.1, 0.15) is 5.60 Å². The summed E-state index contributed by atoms with van der Waals surface area (Å²) in [5.41, 5.74) is 0.550. The van der Waals surface area contributed by atoms with Gasteiger partial charge in [0.2, 0.25) is 0 Å². The number of alkyl carbamates (subject to hydrolysis) is 1. The molecule has 0 aromatic carbocycles. The van der Waals surface area contributed by atoms with E-state index in [0.717, 1.165) is 12.2 Å². The first-order chi connectivity index (χ1) is 9.44. The molecule has 2 rings (SSSR count). The zero-order chi connectivity index (χ0) is 14.6. The number of carbonyl (C=O) groups excluding carboxylic acids is 1. The fourth-order valence-corrected chi connectivity index (χ4v) is 3.41. The number of nitrogens with one attached hydrogen (secondary N) is 1. The van der Waals surface area contributed by atoms with Crippen molar-refractivity contribution in [2.75, 3.05) is 5.75 Å². The van der Waals surface area contributed by atoms with Crippen molar-refractivity contribution in [2.24, 2.45) is 0 Å². The molecular formula is C14H23N3O2S. The van der Waals surface area contributed by atoms with Gasteiger partial charge in [0.15, 0.2) is 0 Å². The first-order valence-electron chi connectivity index (χ1n) is 7.01. The number of hydrogen-bond acceptors (Lipinski definition) is 4. The topological polar surface area (TPSA) is 56.1 Å². The Balaban J connectivity index is 1.84. The molecule has 0 radical (unpaired) electrons. The predicted molar refractivity (Wildman–Crippen MR) is 80.8 cm³/mol. The molecular weight excluding hydrogens is 274 g/mol. The van der Waals surface area contributed by atoms with Crippen LogP contribution in [0.1, 0.15) is 39.3 Å². The average molecular weight is 297 g/mol. The molecule has 0 spiro atoms. The molecule has 1 saturated heterocycles. The largest absolute Gasteiger partial charge is 0.444 e. The zero-order valence-corrected chi connectivity index (χ0v) is 13.2. The van der Waals surface area contributed by atoms with Gasteiger partial charge in [-0.15, -0.1) is 0 Å². The second-order valence-corrected chi connectivity index (χ2v) is 7.44. The molecule has 20 heavy (non-hydrogen) atoms. The van der Waals surface area contributed by atoms with E-state index in [4.69, 9.17) is 4.74 Å². The highest BCUT2D eigenvalue weighted by Gasteiger charge is 2.18. The van der Waals surface area contributed by atoms with Crippen LogP contribution in [-0.4, -0.2) is 32.2 Å². The van der Waals surface area contributed by atoms with Crippen LogP contribution in [-0.2, 0) is 17.8 Å². The van der Waals surface area contributed by atoms with Gasteiger partial charge in [0.05, 0.1) is 18.6 Å². The lowest BCUT2D eigenvalue weighted by Gasteiger charge is -2.20. The highest BCUT2D eigenvalue weighted by atomic mass is 32.2. The number of thioether (sulfide) groups is 1. The predicted octanol–water partition coefficient (Wildman–Crippen LogP) is 2.80. The number of aromatic nitrogens is 2. The van der Waals surface area contributed by atoms with E-state index in [1.54, 1.807) is 6.20 Å². The van der Waals surface area contributed by atoms with E-state index in [-0.39, 0.29) is 6.09 Å². The van der Waals surface area contributed by atoms with Crippen LogP contribution in [0.15, 0.2) is 12.5 Å². The van der Waals surface area contributed by atoms with Crippen molar-refractivity contribution < 1.29 is 9.53 Å². The van der Waals surface area contributed by atoms with Gasteiger partial charge in [-0.05, 0) is 39.4 Å². The lowest BCUT2D eigenvalue weighted by Crippen LogP contribution is -2.32. The third kappa shape index (κ3) is 4.74. The van der Waals surface area contributed by atoms with Crippen LogP contribution in [0.2, 0.25) is 0 Å². The lowest BCUT2D eigenvalue weighted by molar-refractivity contribution is 0.0522. The molecule has 1 N–H and O–H groups in total. The summed E-state index contributed by atoms with van der Waals surface area (Å²) >= 11 is 2.02. The van der Waals surface area contributed by atoms with Gasteiger partial charge in [-0.3, -0.25) is 0 Å². The monoisotopic (exact) mass is 297 g/mol. The fraction of sp³-hybridized carbons (Fsp3) is 0.714. The molecule has 0 aliphatic carbocycles. The van der Waals surface area contributed by atoms with Crippen molar-refractivity contribution in [3.8, 4) is 0 Å². The first-order valence-corrected chi connectivity index (χ1v) is 8.06. The van der Waals surface area contributed by atoms with Crippen molar-refractivity contribution in [2.45, 2.75) is 57.6 Å². The molecule has 0 bridgehead atoms. The quantitative estimate of drug-likeness (QED) is 0.928. The van der Waals surface area contributed by atoms with Gasteiger partial charge in [0, 0.05) is 18.0 Å². The summed E-state index contributed by atoms with van der Waals surface area (Å²) in [4.78, 5) is 15.8. The summed E-state index contributed by atoms with van der Waals surface area (Å²) in [6, 6.07) is 0. The number of nitrogens with zero attached hydrogens (tertiary/aromatic N) is 2. The maximum atomic E-state index is 11.6. The molecule has 1 atom stereocenters. The van der Waals surface area contributed by atoms with Crippen LogP contribution in [0.3, 0.4) is 0 Å². The zero-order valence-electron chi connectivity index (χ0n) is 12.4. The van der Waals surface area contributed by atoms with E-state index in [2.05, 4.69) is 14.9 Å². The summed E-state index contributed by atoms with van der Waals surface area (Å²) in [5.74, 6) is 1.25. The van der Waals surface area contributed by atoms with Crippen molar-refractivity contribution in [3.05, 3.63) is 18.2 Å². The normalized spacial score (nSPS) is 19.1. The van der Waals surface area contributed by atoms with Crippen LogP contribution in [0.4, 0.5) is 4.79 Å². The van der Waals surface area contributed by atoms with E-state index in [9.17, 15) is 4.79 Å². The summed E-state index contributed by atoms with van der Waals surface area (Å²) < 4.78 is 7.35. The summed E-state index contributed by atoms with van der Waals surface area (Å²) in [7, 11) is 0. The molecule has 1 aromatic rings. The van der Waals surface area contributed by atoms with Gasteiger partial charge >= 0.3 is 6.09 Å².